The van der Waals surface area contributed by atoms with Crippen molar-refractivity contribution >= 4 is 28.2 Å². The average Bonchev–Trinajstić information content (AvgIpc) is 2.50. The van der Waals surface area contributed by atoms with E-state index in [2.05, 4.69) is 10.3 Å². The second kappa shape index (κ2) is 5.20. The van der Waals surface area contributed by atoms with E-state index < -0.39 is 11.7 Å². The van der Waals surface area contributed by atoms with Gasteiger partial charge in [0.1, 0.15) is 5.82 Å². The lowest BCUT2D eigenvalue weighted by molar-refractivity contribution is 0.102. The van der Waals surface area contributed by atoms with E-state index in [4.69, 9.17) is 5.73 Å². The lowest BCUT2D eigenvalue weighted by Gasteiger charge is -2.09. The van der Waals surface area contributed by atoms with Crippen LogP contribution in [0.4, 0.5) is 15.8 Å². The van der Waals surface area contributed by atoms with Gasteiger partial charge in [0.2, 0.25) is 0 Å². The molecule has 1 aromatic heterocycles. The molecule has 4 nitrogen and oxygen atoms in total. The molecule has 0 fully saturated rings. The van der Waals surface area contributed by atoms with E-state index in [0.717, 1.165) is 0 Å². The Morgan fingerprint density at radius 1 is 1.14 bits per heavy atom. The number of carbonyl (C=O) groups is 1. The summed E-state index contributed by atoms with van der Waals surface area (Å²) in [6.07, 6.45) is 1.65. The maximum atomic E-state index is 13.7. The molecular weight excluding hydrogens is 269 g/mol. The van der Waals surface area contributed by atoms with E-state index in [-0.39, 0.29) is 5.69 Å². The van der Waals surface area contributed by atoms with E-state index in [1.54, 1.807) is 30.5 Å². The number of nitrogens with two attached hydrogens (primary N) is 1. The first-order valence-corrected chi connectivity index (χ1v) is 6.35. The Labute approximate surface area is 120 Å². The fraction of sp³-hybridized carbons (Fsp3) is 0. The molecule has 0 radical (unpaired) electrons. The quantitative estimate of drug-likeness (QED) is 0.709. The summed E-state index contributed by atoms with van der Waals surface area (Å²) in [5.41, 5.74) is 7.18. The number of hydrogen-bond acceptors (Lipinski definition) is 3. The summed E-state index contributed by atoms with van der Waals surface area (Å²) in [6.45, 7) is 0. The van der Waals surface area contributed by atoms with Crippen LogP contribution in [0, 0.1) is 5.82 Å². The SMILES string of the molecule is Nc1ccc(F)c(NC(=O)c2cccc3ncccc23)c1. The molecule has 0 atom stereocenters. The van der Waals surface area contributed by atoms with Crippen molar-refractivity contribution in [3.8, 4) is 0 Å². The summed E-state index contributed by atoms with van der Waals surface area (Å²) in [4.78, 5) is 16.5. The number of rotatable bonds is 2. The van der Waals surface area contributed by atoms with Crippen LogP contribution in [0.2, 0.25) is 0 Å². The molecule has 21 heavy (non-hydrogen) atoms. The molecular formula is C16H12FN3O. The number of carbonyl (C=O) groups excluding carboxylic acids is 1. The molecule has 0 bridgehead atoms. The van der Waals surface area contributed by atoms with Gasteiger partial charge >= 0.3 is 0 Å². The Balaban J connectivity index is 1.99. The summed E-state index contributed by atoms with van der Waals surface area (Å²) in [5.74, 6) is -0.936. The van der Waals surface area contributed by atoms with Gasteiger partial charge in [-0.2, -0.15) is 0 Å². The largest absolute Gasteiger partial charge is 0.399 e. The molecule has 0 aliphatic heterocycles. The van der Waals surface area contributed by atoms with E-state index >= 15 is 0 Å². The van der Waals surface area contributed by atoms with Crippen molar-refractivity contribution in [1.29, 1.82) is 0 Å². The van der Waals surface area contributed by atoms with Crippen LogP contribution >= 0.6 is 0 Å². The van der Waals surface area contributed by atoms with Gasteiger partial charge in [-0.3, -0.25) is 9.78 Å². The lowest BCUT2D eigenvalue weighted by Crippen LogP contribution is -2.13. The van der Waals surface area contributed by atoms with E-state index in [9.17, 15) is 9.18 Å². The van der Waals surface area contributed by atoms with Gasteiger partial charge in [-0.05, 0) is 36.4 Å². The van der Waals surface area contributed by atoms with Gasteiger partial charge in [0.05, 0.1) is 11.2 Å². The van der Waals surface area contributed by atoms with Gasteiger partial charge in [0.15, 0.2) is 0 Å². The highest BCUT2D eigenvalue weighted by Crippen LogP contribution is 2.21. The number of pyridine rings is 1. The number of halogens is 1. The molecule has 3 aromatic rings. The van der Waals surface area contributed by atoms with Crippen LogP contribution < -0.4 is 11.1 Å². The molecule has 104 valence electrons. The maximum Gasteiger partial charge on any atom is 0.256 e. The molecule has 1 amide bonds. The summed E-state index contributed by atoms with van der Waals surface area (Å²) in [6, 6.07) is 12.8. The van der Waals surface area contributed by atoms with Crippen molar-refractivity contribution in [2.24, 2.45) is 0 Å². The second-order valence-electron chi connectivity index (χ2n) is 4.57. The predicted octanol–water partition coefficient (Wildman–Crippen LogP) is 3.21. The fourth-order valence-corrected chi connectivity index (χ4v) is 2.13. The maximum absolute atomic E-state index is 13.7. The van der Waals surface area contributed by atoms with Crippen molar-refractivity contribution < 1.29 is 9.18 Å². The van der Waals surface area contributed by atoms with Crippen LogP contribution in [0.5, 0.6) is 0 Å². The molecule has 1 heterocycles. The predicted molar refractivity (Wildman–Crippen MR) is 80.5 cm³/mol. The van der Waals surface area contributed by atoms with Gasteiger partial charge in [-0.25, -0.2) is 4.39 Å². The Morgan fingerprint density at radius 2 is 2.00 bits per heavy atom. The minimum absolute atomic E-state index is 0.0564. The zero-order valence-corrected chi connectivity index (χ0v) is 11.0. The zero-order valence-electron chi connectivity index (χ0n) is 11.0. The van der Waals surface area contributed by atoms with Crippen molar-refractivity contribution in [2.75, 3.05) is 11.1 Å². The number of hydrogen-bond donors (Lipinski definition) is 2. The van der Waals surface area contributed by atoms with Crippen LogP contribution in [0.1, 0.15) is 10.4 Å². The van der Waals surface area contributed by atoms with Crippen LogP contribution in [0.25, 0.3) is 10.9 Å². The third-order valence-electron chi connectivity index (χ3n) is 3.13. The highest BCUT2D eigenvalue weighted by molar-refractivity contribution is 6.12. The first kappa shape index (κ1) is 13.1. The number of nitrogen functional groups attached to an aromatic ring is 1. The van der Waals surface area contributed by atoms with Gasteiger partial charge < -0.3 is 11.1 Å². The van der Waals surface area contributed by atoms with Crippen LogP contribution in [-0.2, 0) is 0 Å². The lowest BCUT2D eigenvalue weighted by atomic mass is 10.1. The van der Waals surface area contributed by atoms with Gasteiger partial charge in [0.25, 0.3) is 5.91 Å². The summed E-state index contributed by atoms with van der Waals surface area (Å²) in [7, 11) is 0. The molecule has 0 aliphatic rings. The monoisotopic (exact) mass is 281 g/mol. The number of nitrogens with one attached hydrogen (secondary N) is 1. The minimum Gasteiger partial charge on any atom is -0.399 e. The Kier molecular flexibility index (Phi) is 3.23. The second-order valence-corrected chi connectivity index (χ2v) is 4.57. The van der Waals surface area contributed by atoms with Crippen molar-refractivity contribution in [3.63, 3.8) is 0 Å². The standard InChI is InChI=1S/C16H12FN3O/c17-13-7-6-10(18)9-15(13)20-16(21)12-3-1-5-14-11(12)4-2-8-19-14/h1-9H,18H2,(H,20,21). The molecule has 5 heteroatoms. The van der Waals surface area contributed by atoms with Crippen molar-refractivity contribution in [3.05, 3.63) is 66.1 Å². The molecule has 0 saturated carbocycles. The van der Waals surface area contributed by atoms with Crippen molar-refractivity contribution in [2.45, 2.75) is 0 Å². The normalized spacial score (nSPS) is 10.5. The fourth-order valence-electron chi connectivity index (χ4n) is 2.13. The molecule has 0 aliphatic carbocycles. The first-order valence-electron chi connectivity index (χ1n) is 6.35. The third kappa shape index (κ3) is 2.53. The Bertz CT molecular complexity index is 827. The number of nitrogens with zero attached hydrogens (tertiary/aromatic N) is 1. The topological polar surface area (TPSA) is 68.0 Å². The van der Waals surface area contributed by atoms with Gasteiger partial charge in [0, 0.05) is 22.8 Å². The van der Waals surface area contributed by atoms with Crippen LogP contribution in [0.15, 0.2) is 54.7 Å². The van der Waals surface area contributed by atoms with E-state index in [1.807, 2.05) is 6.07 Å². The molecule has 2 aromatic carbocycles. The minimum atomic E-state index is -0.532. The number of aromatic nitrogens is 1. The Morgan fingerprint density at radius 3 is 2.86 bits per heavy atom. The molecule has 0 unspecified atom stereocenters. The highest BCUT2D eigenvalue weighted by Gasteiger charge is 2.12. The van der Waals surface area contributed by atoms with E-state index in [1.165, 1.54) is 18.2 Å². The number of anilines is 2. The van der Waals surface area contributed by atoms with Crippen LogP contribution in [0.3, 0.4) is 0 Å². The Hall–Kier alpha value is -2.95. The van der Waals surface area contributed by atoms with Crippen molar-refractivity contribution in [1.82, 2.24) is 4.98 Å². The molecule has 3 N–H and O–H groups in total. The van der Waals surface area contributed by atoms with Gasteiger partial charge in [-0.1, -0.05) is 12.1 Å². The number of benzene rings is 2. The van der Waals surface area contributed by atoms with Gasteiger partial charge in [-0.15, -0.1) is 0 Å². The molecule has 3 rings (SSSR count). The van der Waals surface area contributed by atoms with Crippen LogP contribution in [-0.4, -0.2) is 10.9 Å². The summed E-state index contributed by atoms with van der Waals surface area (Å²) < 4.78 is 13.7. The first-order chi connectivity index (χ1) is 10.1. The summed E-state index contributed by atoms with van der Waals surface area (Å²) >= 11 is 0. The number of amides is 1. The molecule has 0 saturated heterocycles. The molecule has 0 spiro atoms. The van der Waals surface area contributed by atoms with E-state index in [0.29, 0.717) is 22.2 Å². The average molecular weight is 281 g/mol. The number of fused-ring (bicyclic) bond motifs is 1. The smallest absolute Gasteiger partial charge is 0.256 e. The zero-order chi connectivity index (χ0) is 14.8. The highest BCUT2D eigenvalue weighted by atomic mass is 19.1. The third-order valence-corrected chi connectivity index (χ3v) is 3.13. The summed E-state index contributed by atoms with van der Waals surface area (Å²) in [5, 5.41) is 3.25.